The Kier molecular flexibility index (Phi) is 3.53. The topological polar surface area (TPSA) is 50.5 Å². The molecule has 1 aromatic carbocycles. The summed E-state index contributed by atoms with van der Waals surface area (Å²) in [5, 5.41) is 0.776. The Morgan fingerprint density at radius 1 is 1.19 bits per heavy atom. The largest absolute Gasteiger partial charge is 0.422 e. The Hall–Kier alpha value is -2.10. The van der Waals surface area contributed by atoms with Gasteiger partial charge < -0.3 is 9.32 Å². The minimum atomic E-state index is -0.552. The van der Waals surface area contributed by atoms with Gasteiger partial charge in [0.2, 0.25) is 0 Å². The van der Waals surface area contributed by atoms with Crippen LogP contribution in [0.15, 0.2) is 39.5 Å². The highest BCUT2D eigenvalue weighted by atomic mass is 16.4. The molecule has 0 aliphatic carbocycles. The van der Waals surface area contributed by atoms with Gasteiger partial charge in [-0.2, -0.15) is 0 Å². The van der Waals surface area contributed by atoms with Crippen molar-refractivity contribution in [2.75, 3.05) is 0 Å². The smallest absolute Gasteiger partial charge is 0.349 e. The maximum absolute atomic E-state index is 12.8. The highest BCUT2D eigenvalue weighted by Gasteiger charge is 2.31. The van der Waals surface area contributed by atoms with E-state index < -0.39 is 5.63 Å². The van der Waals surface area contributed by atoms with Crippen LogP contribution in [0, 0.1) is 0 Å². The quantitative estimate of drug-likeness (QED) is 0.756. The van der Waals surface area contributed by atoms with Gasteiger partial charge in [-0.1, -0.05) is 18.2 Å². The molecule has 1 fully saturated rings. The van der Waals surface area contributed by atoms with Crippen LogP contribution in [-0.4, -0.2) is 22.9 Å². The van der Waals surface area contributed by atoms with Gasteiger partial charge in [0.15, 0.2) is 0 Å². The highest BCUT2D eigenvalue weighted by molar-refractivity contribution is 5.97. The van der Waals surface area contributed by atoms with Crippen molar-refractivity contribution in [1.82, 2.24) is 4.90 Å². The molecule has 21 heavy (non-hydrogen) atoms. The van der Waals surface area contributed by atoms with Gasteiger partial charge in [-0.3, -0.25) is 4.79 Å². The molecule has 0 unspecified atom stereocenters. The third-order valence-electron chi connectivity index (χ3n) is 4.30. The molecule has 0 spiro atoms. The summed E-state index contributed by atoms with van der Waals surface area (Å²) in [4.78, 5) is 26.7. The predicted octanol–water partition coefficient (Wildman–Crippen LogP) is 3.20. The lowest BCUT2D eigenvalue weighted by Gasteiger charge is -2.38. The Morgan fingerprint density at radius 2 is 1.86 bits per heavy atom. The lowest BCUT2D eigenvalue weighted by atomic mass is 9.96. The number of amides is 1. The number of fused-ring (bicyclic) bond motifs is 1. The minimum Gasteiger partial charge on any atom is -0.422 e. The van der Waals surface area contributed by atoms with E-state index in [1.165, 1.54) is 0 Å². The molecule has 0 saturated carbocycles. The summed E-state index contributed by atoms with van der Waals surface area (Å²) in [6.07, 6.45) is 3.09. The summed E-state index contributed by atoms with van der Waals surface area (Å²) < 4.78 is 5.27. The van der Waals surface area contributed by atoms with Crippen molar-refractivity contribution >= 4 is 16.9 Å². The highest BCUT2D eigenvalue weighted by Crippen LogP contribution is 2.24. The zero-order valence-electron chi connectivity index (χ0n) is 12.3. The van der Waals surface area contributed by atoms with Crippen molar-refractivity contribution in [2.45, 2.75) is 45.2 Å². The van der Waals surface area contributed by atoms with E-state index in [9.17, 15) is 9.59 Å². The van der Waals surface area contributed by atoms with Crippen LogP contribution in [0.3, 0.4) is 0 Å². The van der Waals surface area contributed by atoms with E-state index in [0.717, 1.165) is 24.6 Å². The first-order chi connectivity index (χ1) is 10.1. The fourth-order valence-corrected chi connectivity index (χ4v) is 3.17. The molecule has 3 rings (SSSR count). The second-order valence-electron chi connectivity index (χ2n) is 5.83. The number of nitrogens with zero attached hydrogens (tertiary/aromatic N) is 1. The fourth-order valence-electron chi connectivity index (χ4n) is 3.17. The monoisotopic (exact) mass is 285 g/mol. The molecule has 4 heteroatoms. The number of benzene rings is 1. The van der Waals surface area contributed by atoms with Crippen LogP contribution in [0.4, 0.5) is 0 Å². The van der Waals surface area contributed by atoms with Gasteiger partial charge in [-0.25, -0.2) is 4.79 Å². The molecule has 1 aliphatic heterocycles. The number of para-hydroxylation sites is 1. The molecule has 110 valence electrons. The van der Waals surface area contributed by atoms with Crippen LogP contribution < -0.4 is 5.63 Å². The second-order valence-corrected chi connectivity index (χ2v) is 5.83. The summed E-state index contributed by atoms with van der Waals surface area (Å²) in [7, 11) is 0. The SMILES string of the molecule is C[C@@H]1CCC[C@@H](C)N1C(=O)c1cc2ccccc2oc1=O. The Balaban J connectivity index is 2.05. The Labute approximate surface area is 123 Å². The number of hydrogen-bond acceptors (Lipinski definition) is 3. The maximum Gasteiger partial charge on any atom is 0.349 e. The van der Waals surface area contributed by atoms with Crippen molar-refractivity contribution < 1.29 is 9.21 Å². The standard InChI is InChI=1S/C17H19NO3/c1-11-6-5-7-12(2)18(11)16(19)14-10-13-8-3-4-9-15(13)21-17(14)20/h3-4,8-12H,5-7H2,1-2H3/t11-,12-/m1/s1. The lowest BCUT2D eigenvalue weighted by Crippen LogP contribution is -2.48. The van der Waals surface area contributed by atoms with E-state index in [0.29, 0.717) is 5.58 Å². The summed E-state index contributed by atoms with van der Waals surface area (Å²) in [6.45, 7) is 4.08. The third-order valence-corrected chi connectivity index (χ3v) is 4.30. The third kappa shape index (κ3) is 2.46. The summed E-state index contributed by atoms with van der Waals surface area (Å²) in [6, 6.07) is 9.22. The van der Waals surface area contributed by atoms with Gasteiger partial charge in [0.05, 0.1) is 0 Å². The molecule has 0 N–H and O–H groups in total. The first-order valence-corrected chi connectivity index (χ1v) is 7.43. The molecule has 2 aromatic rings. The van der Waals surface area contributed by atoms with E-state index in [1.54, 1.807) is 12.1 Å². The van der Waals surface area contributed by atoms with E-state index in [2.05, 4.69) is 0 Å². The van der Waals surface area contributed by atoms with Gasteiger partial charge in [0.1, 0.15) is 11.1 Å². The lowest BCUT2D eigenvalue weighted by molar-refractivity contribution is 0.0506. The maximum atomic E-state index is 12.8. The number of carbonyl (C=O) groups is 1. The zero-order valence-corrected chi connectivity index (χ0v) is 12.3. The zero-order chi connectivity index (χ0) is 15.0. The molecule has 1 aromatic heterocycles. The normalized spacial score (nSPS) is 22.5. The van der Waals surface area contributed by atoms with Gasteiger partial charge in [-0.15, -0.1) is 0 Å². The first-order valence-electron chi connectivity index (χ1n) is 7.43. The average molecular weight is 285 g/mol. The molecule has 0 radical (unpaired) electrons. The van der Waals surface area contributed by atoms with E-state index >= 15 is 0 Å². The molecular weight excluding hydrogens is 266 g/mol. The number of carbonyl (C=O) groups excluding carboxylic acids is 1. The van der Waals surface area contributed by atoms with Crippen LogP contribution in [0.5, 0.6) is 0 Å². The van der Waals surface area contributed by atoms with E-state index in [1.807, 2.05) is 36.9 Å². The first kappa shape index (κ1) is 13.9. The molecule has 1 saturated heterocycles. The molecule has 1 amide bonds. The van der Waals surface area contributed by atoms with Crippen molar-refractivity contribution in [2.24, 2.45) is 0 Å². The molecule has 0 bridgehead atoms. The van der Waals surface area contributed by atoms with Gasteiger partial charge in [0, 0.05) is 17.5 Å². The minimum absolute atomic E-state index is 0.134. The summed E-state index contributed by atoms with van der Waals surface area (Å²) >= 11 is 0. The van der Waals surface area contributed by atoms with Crippen molar-refractivity contribution in [3.8, 4) is 0 Å². The molecule has 2 heterocycles. The van der Waals surface area contributed by atoms with Gasteiger partial charge >= 0.3 is 5.63 Å². The number of hydrogen-bond donors (Lipinski definition) is 0. The molecule has 4 nitrogen and oxygen atoms in total. The van der Waals surface area contributed by atoms with Crippen LogP contribution in [0.1, 0.15) is 43.5 Å². The second kappa shape index (κ2) is 5.35. The van der Waals surface area contributed by atoms with Crippen LogP contribution >= 0.6 is 0 Å². The van der Waals surface area contributed by atoms with Crippen LogP contribution in [-0.2, 0) is 0 Å². The summed E-state index contributed by atoms with van der Waals surface area (Å²) in [5.74, 6) is -0.214. The fraction of sp³-hybridized carbons (Fsp3) is 0.412. The van der Waals surface area contributed by atoms with Crippen LogP contribution in [0.25, 0.3) is 11.0 Å². The van der Waals surface area contributed by atoms with Gasteiger partial charge in [0.25, 0.3) is 5.91 Å². The van der Waals surface area contributed by atoms with E-state index in [-0.39, 0.29) is 23.6 Å². The predicted molar refractivity (Wildman–Crippen MR) is 81.4 cm³/mol. The number of rotatable bonds is 1. The molecule has 1 aliphatic rings. The van der Waals surface area contributed by atoms with Crippen molar-refractivity contribution in [3.05, 3.63) is 46.3 Å². The Bertz CT molecular complexity index is 724. The van der Waals surface area contributed by atoms with E-state index in [4.69, 9.17) is 4.42 Å². The number of piperidine rings is 1. The summed E-state index contributed by atoms with van der Waals surface area (Å²) in [5.41, 5.74) is 0.0942. The molecular formula is C17H19NO3. The number of likely N-dealkylation sites (tertiary alicyclic amines) is 1. The Morgan fingerprint density at radius 3 is 2.57 bits per heavy atom. The van der Waals surface area contributed by atoms with Crippen LogP contribution in [0.2, 0.25) is 0 Å². The average Bonchev–Trinajstić information content (AvgIpc) is 2.46. The van der Waals surface area contributed by atoms with Crippen molar-refractivity contribution in [1.29, 1.82) is 0 Å². The molecule has 2 atom stereocenters. The van der Waals surface area contributed by atoms with Crippen molar-refractivity contribution in [3.63, 3.8) is 0 Å². The van der Waals surface area contributed by atoms with Gasteiger partial charge in [-0.05, 0) is 45.2 Å².